The zero-order valence-corrected chi connectivity index (χ0v) is 22.9. The molecule has 0 saturated carbocycles. The minimum Gasteiger partial charge on any atom is -0.466 e. The Morgan fingerprint density at radius 3 is 2.60 bits per heavy atom. The van der Waals surface area contributed by atoms with E-state index < -0.39 is 20.4 Å². The van der Waals surface area contributed by atoms with Gasteiger partial charge in [-0.3, -0.25) is 0 Å². The lowest BCUT2D eigenvalue weighted by Gasteiger charge is -2.37. The highest BCUT2D eigenvalue weighted by Crippen LogP contribution is 2.36. The van der Waals surface area contributed by atoms with E-state index in [9.17, 15) is 4.79 Å². The summed E-state index contributed by atoms with van der Waals surface area (Å²) in [6.45, 7) is 13.2. The van der Waals surface area contributed by atoms with Gasteiger partial charge in [0.25, 0.3) is 0 Å². The van der Waals surface area contributed by atoms with Crippen LogP contribution in [0.4, 0.5) is 0 Å². The van der Waals surface area contributed by atoms with E-state index in [0.29, 0.717) is 28.5 Å². The second-order valence-electron chi connectivity index (χ2n) is 9.63. The fraction of sp³-hybridized carbons (Fsp3) is 0.522. The van der Waals surface area contributed by atoms with E-state index in [4.69, 9.17) is 30.2 Å². The number of hydrogen-bond donors (Lipinski definition) is 0. The molecule has 0 radical (unpaired) electrons. The van der Waals surface area contributed by atoms with Gasteiger partial charge >= 0.3 is 5.97 Å². The summed E-state index contributed by atoms with van der Waals surface area (Å²) < 4.78 is 24.4. The van der Waals surface area contributed by atoms with Gasteiger partial charge < -0.3 is 18.6 Å². The molecule has 0 aliphatic rings. The fourth-order valence-corrected chi connectivity index (χ4v) is 4.15. The summed E-state index contributed by atoms with van der Waals surface area (Å²) in [6.07, 6.45) is 3.15. The van der Waals surface area contributed by atoms with Crippen molar-refractivity contribution in [1.82, 2.24) is 24.7 Å². The Labute approximate surface area is 211 Å². The molecule has 3 heterocycles. The van der Waals surface area contributed by atoms with Gasteiger partial charge in [0.2, 0.25) is 12.0 Å². The number of rotatable bonds is 10. The molecule has 10 nitrogen and oxygen atoms in total. The zero-order valence-electron chi connectivity index (χ0n) is 21.1. The third-order valence-corrected chi connectivity index (χ3v) is 10.8. The van der Waals surface area contributed by atoms with E-state index in [0.717, 1.165) is 0 Å². The standard InChI is InChI=1S/C23H32ClN5O5Si/c1-15(12-33-35(6,7)23(2,3)4)32-13-18(22(30)31-5)34-21-16-11-28-29(19(16)26-14-27-21)20-17(24)9-8-10-25-20/h8-11,14-15,18H,12-13H2,1-7H3/t15-,18?/m1/s1. The van der Waals surface area contributed by atoms with Crippen molar-refractivity contribution in [3.63, 3.8) is 0 Å². The van der Waals surface area contributed by atoms with Gasteiger partial charge in [-0.25, -0.2) is 19.7 Å². The number of aromatic nitrogens is 5. The van der Waals surface area contributed by atoms with E-state index in [1.54, 1.807) is 18.3 Å². The van der Waals surface area contributed by atoms with Crippen molar-refractivity contribution < 1.29 is 23.4 Å². The van der Waals surface area contributed by atoms with Crippen LogP contribution < -0.4 is 4.74 Å². The Bertz CT molecular complexity index is 1170. The van der Waals surface area contributed by atoms with Crippen LogP contribution in [0.15, 0.2) is 30.9 Å². The molecule has 0 aliphatic heterocycles. The highest BCUT2D eigenvalue weighted by atomic mass is 35.5. The van der Waals surface area contributed by atoms with E-state index in [2.05, 4.69) is 53.9 Å². The summed E-state index contributed by atoms with van der Waals surface area (Å²) in [6, 6.07) is 3.43. The maximum atomic E-state index is 12.4. The van der Waals surface area contributed by atoms with Crippen LogP contribution >= 0.6 is 11.6 Å². The molecule has 3 aromatic heterocycles. The Morgan fingerprint density at radius 1 is 1.20 bits per heavy atom. The molecule has 0 bridgehead atoms. The van der Waals surface area contributed by atoms with Crippen molar-refractivity contribution in [2.45, 2.75) is 58.0 Å². The van der Waals surface area contributed by atoms with Gasteiger partial charge in [-0.2, -0.15) is 9.78 Å². The molecule has 1 unspecified atom stereocenters. The molecular weight excluding hydrogens is 490 g/mol. The summed E-state index contributed by atoms with van der Waals surface area (Å²) in [5.41, 5.74) is 0.427. The molecule has 2 atom stereocenters. The molecule has 3 rings (SSSR count). The van der Waals surface area contributed by atoms with Gasteiger partial charge in [-0.1, -0.05) is 32.4 Å². The first kappa shape index (κ1) is 27.0. The highest BCUT2D eigenvalue weighted by Gasteiger charge is 2.37. The number of fused-ring (bicyclic) bond motifs is 1. The van der Waals surface area contributed by atoms with Crippen LogP contribution in [0.3, 0.4) is 0 Å². The Morgan fingerprint density at radius 2 is 1.94 bits per heavy atom. The summed E-state index contributed by atoms with van der Waals surface area (Å²) in [4.78, 5) is 25.2. The third-order valence-electron chi connectivity index (χ3n) is 6.00. The van der Waals surface area contributed by atoms with E-state index in [1.807, 2.05) is 6.92 Å². The van der Waals surface area contributed by atoms with Crippen molar-refractivity contribution in [3.05, 3.63) is 35.9 Å². The summed E-state index contributed by atoms with van der Waals surface area (Å²) >= 11 is 6.27. The Hall–Kier alpha value is -2.60. The van der Waals surface area contributed by atoms with Gasteiger partial charge in [0, 0.05) is 6.20 Å². The molecule has 0 fully saturated rings. The average Bonchev–Trinajstić information content (AvgIpc) is 3.24. The maximum absolute atomic E-state index is 12.4. The maximum Gasteiger partial charge on any atom is 0.349 e. The average molecular weight is 522 g/mol. The SMILES string of the molecule is COC(=O)C(CO[C@H](C)CO[Si](C)(C)C(C)(C)C)Oc1ncnc2c1cnn2-c1ncccc1Cl. The molecule has 35 heavy (non-hydrogen) atoms. The lowest BCUT2D eigenvalue weighted by molar-refractivity contribution is -0.153. The lowest BCUT2D eigenvalue weighted by atomic mass is 10.2. The lowest BCUT2D eigenvalue weighted by Crippen LogP contribution is -2.43. The number of esters is 1. The number of nitrogens with zero attached hydrogens (tertiary/aromatic N) is 5. The molecule has 12 heteroatoms. The highest BCUT2D eigenvalue weighted by molar-refractivity contribution is 6.74. The second kappa shape index (κ2) is 11.0. The molecule has 0 aromatic carbocycles. The van der Waals surface area contributed by atoms with Crippen molar-refractivity contribution in [2.24, 2.45) is 0 Å². The first-order valence-corrected chi connectivity index (χ1v) is 14.5. The summed E-state index contributed by atoms with van der Waals surface area (Å²) in [5, 5.41) is 5.31. The predicted octanol–water partition coefficient (Wildman–Crippen LogP) is 4.21. The summed E-state index contributed by atoms with van der Waals surface area (Å²) in [5.74, 6) is -0.0101. The molecule has 3 aromatic rings. The van der Waals surface area contributed by atoms with Crippen molar-refractivity contribution >= 4 is 36.9 Å². The largest absolute Gasteiger partial charge is 0.466 e. The van der Waals surface area contributed by atoms with Crippen LogP contribution in [0.1, 0.15) is 27.7 Å². The molecule has 0 spiro atoms. The second-order valence-corrected chi connectivity index (χ2v) is 14.8. The van der Waals surface area contributed by atoms with Gasteiger partial charge in [-0.15, -0.1) is 0 Å². The summed E-state index contributed by atoms with van der Waals surface area (Å²) in [7, 11) is -0.626. The van der Waals surface area contributed by atoms with Crippen molar-refractivity contribution in [1.29, 1.82) is 0 Å². The van der Waals surface area contributed by atoms with Gasteiger partial charge in [-0.05, 0) is 37.2 Å². The number of halogens is 1. The number of hydrogen-bond acceptors (Lipinski definition) is 9. The molecule has 0 N–H and O–H groups in total. The fourth-order valence-electron chi connectivity index (χ4n) is 2.86. The first-order chi connectivity index (χ1) is 16.4. The smallest absolute Gasteiger partial charge is 0.349 e. The van der Waals surface area contributed by atoms with Gasteiger partial charge in [0.1, 0.15) is 11.7 Å². The minimum absolute atomic E-state index is 0.0413. The van der Waals surface area contributed by atoms with Crippen LogP contribution in [-0.2, 0) is 18.7 Å². The monoisotopic (exact) mass is 521 g/mol. The molecule has 0 aliphatic carbocycles. The van der Waals surface area contributed by atoms with Crippen molar-refractivity contribution in [2.75, 3.05) is 20.3 Å². The normalized spacial score (nSPS) is 14.1. The molecule has 0 amide bonds. The van der Waals surface area contributed by atoms with Crippen molar-refractivity contribution in [3.8, 4) is 11.7 Å². The van der Waals surface area contributed by atoms with Crippen LogP contribution in [-0.4, -0.2) is 71.6 Å². The molecule has 190 valence electrons. The number of methoxy groups -OCH3 is 1. The molecular formula is C23H32ClN5O5Si. The Balaban J connectivity index is 1.74. The van der Waals surface area contributed by atoms with Gasteiger partial charge in [0.05, 0.1) is 37.6 Å². The number of carbonyl (C=O) groups excluding carboxylic acids is 1. The van der Waals surface area contributed by atoms with Crippen LogP contribution in [0, 0.1) is 0 Å². The first-order valence-electron chi connectivity index (χ1n) is 11.2. The predicted molar refractivity (Wildman–Crippen MR) is 134 cm³/mol. The van der Waals surface area contributed by atoms with Crippen LogP contribution in [0.2, 0.25) is 23.2 Å². The minimum atomic E-state index is -1.92. The number of carbonyl (C=O) groups is 1. The van der Waals surface area contributed by atoms with Crippen LogP contribution in [0.5, 0.6) is 5.88 Å². The zero-order chi connectivity index (χ0) is 25.8. The van der Waals surface area contributed by atoms with E-state index in [-0.39, 0.29) is 23.6 Å². The quantitative estimate of drug-likeness (QED) is 0.286. The van der Waals surface area contributed by atoms with Gasteiger partial charge in [0.15, 0.2) is 19.8 Å². The van der Waals surface area contributed by atoms with E-state index >= 15 is 0 Å². The number of ether oxygens (including phenoxy) is 3. The topological polar surface area (TPSA) is 110 Å². The van der Waals surface area contributed by atoms with Crippen LogP contribution in [0.25, 0.3) is 16.9 Å². The number of pyridine rings is 1. The third kappa shape index (κ3) is 6.34. The van der Waals surface area contributed by atoms with E-state index in [1.165, 1.54) is 24.3 Å². The Kier molecular flexibility index (Phi) is 8.47. The molecule has 0 saturated heterocycles.